The van der Waals surface area contributed by atoms with Gasteiger partial charge in [0.05, 0.1) is 6.73 Å². The maximum absolute atomic E-state index is 9.07. The average molecular weight is 388 g/mol. The summed E-state index contributed by atoms with van der Waals surface area (Å²) in [5.41, 5.74) is 6.23. The molecule has 0 aliphatic rings. The van der Waals surface area contributed by atoms with Crippen molar-refractivity contribution in [2.24, 2.45) is 0 Å². The van der Waals surface area contributed by atoms with Crippen LogP contribution >= 0.6 is 0 Å². The molecule has 1 N–H and O–H groups in total. The van der Waals surface area contributed by atoms with Gasteiger partial charge in [-0.15, -0.1) is 0 Å². The second-order valence-electron chi connectivity index (χ2n) is 7.03. The summed E-state index contributed by atoms with van der Waals surface area (Å²) in [6.45, 7) is 3.47. The van der Waals surface area contributed by atoms with Gasteiger partial charge in [0.15, 0.2) is 0 Å². The summed E-state index contributed by atoms with van der Waals surface area (Å²) in [7, 11) is 1.86. The van der Waals surface area contributed by atoms with Crippen LogP contribution in [0.4, 0.5) is 0 Å². The Morgan fingerprint density at radius 1 is 0.793 bits per heavy atom. The van der Waals surface area contributed by atoms with Crippen molar-refractivity contribution in [1.29, 1.82) is 0 Å². The summed E-state index contributed by atoms with van der Waals surface area (Å²) in [6, 6.07) is 29.5. The normalized spacial score (nSPS) is 12.0. The van der Waals surface area contributed by atoms with Crippen LogP contribution < -0.4 is 4.74 Å². The Morgan fingerprint density at radius 3 is 1.90 bits per heavy atom. The first-order chi connectivity index (χ1) is 14.2. The SMILES string of the molecule is CCC(=C(c1ccccc1)c1ccc(OCCN(C)CO)cc1)c1ccccc1. The van der Waals surface area contributed by atoms with Crippen molar-refractivity contribution in [2.45, 2.75) is 13.3 Å². The highest BCUT2D eigenvalue weighted by Gasteiger charge is 2.13. The molecule has 0 fully saturated rings. The number of aliphatic hydroxyl groups is 1. The highest BCUT2D eigenvalue weighted by Crippen LogP contribution is 2.34. The van der Waals surface area contributed by atoms with Crippen LogP contribution in [-0.4, -0.2) is 36.9 Å². The molecule has 0 bridgehead atoms. The predicted molar refractivity (Wildman–Crippen MR) is 121 cm³/mol. The molecule has 0 aromatic heterocycles. The van der Waals surface area contributed by atoms with Crippen LogP contribution in [0.25, 0.3) is 11.1 Å². The van der Waals surface area contributed by atoms with Gasteiger partial charge in [0.25, 0.3) is 0 Å². The van der Waals surface area contributed by atoms with Gasteiger partial charge in [-0.05, 0) is 53.4 Å². The topological polar surface area (TPSA) is 32.7 Å². The summed E-state index contributed by atoms with van der Waals surface area (Å²) < 4.78 is 5.82. The van der Waals surface area contributed by atoms with Crippen molar-refractivity contribution >= 4 is 11.1 Å². The molecule has 3 aromatic rings. The largest absolute Gasteiger partial charge is 0.492 e. The fourth-order valence-electron chi connectivity index (χ4n) is 3.39. The van der Waals surface area contributed by atoms with Crippen LogP contribution in [0, 0.1) is 0 Å². The van der Waals surface area contributed by atoms with E-state index in [0.717, 1.165) is 12.2 Å². The first-order valence-electron chi connectivity index (χ1n) is 10.1. The first kappa shape index (κ1) is 20.8. The van der Waals surface area contributed by atoms with Crippen molar-refractivity contribution in [3.63, 3.8) is 0 Å². The van der Waals surface area contributed by atoms with E-state index in [-0.39, 0.29) is 6.73 Å². The highest BCUT2D eigenvalue weighted by atomic mass is 16.5. The van der Waals surface area contributed by atoms with E-state index < -0.39 is 0 Å². The van der Waals surface area contributed by atoms with E-state index >= 15 is 0 Å². The molecule has 0 unspecified atom stereocenters. The van der Waals surface area contributed by atoms with Crippen LogP contribution in [0.3, 0.4) is 0 Å². The molecule has 0 heterocycles. The van der Waals surface area contributed by atoms with Crippen LogP contribution in [0.2, 0.25) is 0 Å². The molecule has 3 aromatic carbocycles. The van der Waals surface area contributed by atoms with E-state index in [1.54, 1.807) is 4.90 Å². The highest BCUT2D eigenvalue weighted by molar-refractivity contribution is 5.98. The molecular formula is C26H29NO2. The Balaban J connectivity index is 1.94. The number of benzene rings is 3. The Kier molecular flexibility index (Phi) is 7.62. The molecule has 0 atom stereocenters. The fraction of sp³-hybridized carbons (Fsp3) is 0.231. The minimum absolute atomic E-state index is 0.0345. The van der Waals surface area contributed by atoms with E-state index in [9.17, 15) is 0 Å². The van der Waals surface area contributed by atoms with E-state index in [0.29, 0.717) is 13.2 Å². The molecule has 0 saturated heterocycles. The van der Waals surface area contributed by atoms with Gasteiger partial charge in [0.2, 0.25) is 0 Å². The van der Waals surface area contributed by atoms with E-state index in [1.165, 1.54) is 27.8 Å². The number of hydrogen-bond donors (Lipinski definition) is 1. The van der Waals surface area contributed by atoms with Gasteiger partial charge >= 0.3 is 0 Å². The van der Waals surface area contributed by atoms with E-state index in [4.69, 9.17) is 9.84 Å². The maximum Gasteiger partial charge on any atom is 0.119 e. The zero-order valence-corrected chi connectivity index (χ0v) is 17.2. The Hall–Kier alpha value is -2.88. The van der Waals surface area contributed by atoms with Crippen LogP contribution in [0.15, 0.2) is 84.9 Å². The van der Waals surface area contributed by atoms with Crippen LogP contribution in [-0.2, 0) is 0 Å². The summed E-state index contributed by atoms with van der Waals surface area (Å²) in [4.78, 5) is 1.80. The molecule has 0 spiro atoms. The smallest absolute Gasteiger partial charge is 0.119 e. The van der Waals surface area contributed by atoms with Crippen LogP contribution in [0.5, 0.6) is 5.75 Å². The Morgan fingerprint density at radius 2 is 1.34 bits per heavy atom. The fourth-order valence-corrected chi connectivity index (χ4v) is 3.39. The number of hydrogen-bond acceptors (Lipinski definition) is 3. The van der Waals surface area contributed by atoms with Gasteiger partial charge in [-0.25, -0.2) is 0 Å². The third-order valence-corrected chi connectivity index (χ3v) is 4.97. The first-order valence-corrected chi connectivity index (χ1v) is 10.1. The maximum atomic E-state index is 9.07. The standard InChI is InChI=1S/C26H29NO2/c1-3-25(21-10-6-4-7-11-21)26(22-12-8-5-9-13-22)23-14-16-24(17-15-23)29-19-18-27(2)20-28/h4-17,28H,3,18-20H2,1-2H3. The Labute approximate surface area is 173 Å². The number of aliphatic hydroxyl groups excluding tert-OH is 1. The monoisotopic (exact) mass is 387 g/mol. The van der Waals surface area contributed by atoms with E-state index in [1.807, 2.05) is 19.2 Å². The van der Waals surface area contributed by atoms with Crippen molar-refractivity contribution in [3.8, 4) is 5.75 Å². The van der Waals surface area contributed by atoms with Gasteiger partial charge in [-0.3, -0.25) is 4.90 Å². The second-order valence-corrected chi connectivity index (χ2v) is 7.03. The van der Waals surface area contributed by atoms with Crippen molar-refractivity contribution < 1.29 is 9.84 Å². The molecule has 150 valence electrons. The molecule has 3 heteroatoms. The van der Waals surface area contributed by atoms with Gasteiger partial charge in [0, 0.05) is 6.54 Å². The number of likely N-dealkylation sites (N-methyl/N-ethyl adjacent to an activating group) is 1. The molecular weight excluding hydrogens is 358 g/mol. The van der Waals surface area contributed by atoms with Gasteiger partial charge in [-0.1, -0.05) is 79.7 Å². The minimum Gasteiger partial charge on any atom is -0.492 e. The zero-order chi connectivity index (χ0) is 20.5. The third-order valence-electron chi connectivity index (χ3n) is 4.97. The minimum atomic E-state index is 0.0345. The summed E-state index contributed by atoms with van der Waals surface area (Å²) >= 11 is 0. The van der Waals surface area contributed by atoms with Crippen molar-refractivity contribution in [2.75, 3.05) is 26.9 Å². The third kappa shape index (κ3) is 5.57. The molecule has 3 nitrogen and oxygen atoms in total. The number of rotatable bonds is 9. The molecule has 29 heavy (non-hydrogen) atoms. The quantitative estimate of drug-likeness (QED) is 0.399. The predicted octanol–water partition coefficient (Wildman–Crippen LogP) is 5.32. The Bertz CT molecular complexity index is 902. The lowest BCUT2D eigenvalue weighted by atomic mass is 9.88. The lowest BCUT2D eigenvalue weighted by Crippen LogP contribution is -2.24. The molecule has 0 aliphatic carbocycles. The molecule has 0 amide bonds. The lowest BCUT2D eigenvalue weighted by Gasteiger charge is -2.17. The van der Waals surface area contributed by atoms with Gasteiger partial charge in [0.1, 0.15) is 12.4 Å². The summed E-state index contributed by atoms with van der Waals surface area (Å²) in [5, 5.41) is 9.07. The molecule has 0 saturated carbocycles. The van der Waals surface area contributed by atoms with Crippen molar-refractivity contribution in [1.82, 2.24) is 4.90 Å². The zero-order valence-electron chi connectivity index (χ0n) is 17.2. The lowest BCUT2D eigenvalue weighted by molar-refractivity contribution is 0.116. The molecule has 0 radical (unpaired) electrons. The summed E-state index contributed by atoms with van der Waals surface area (Å²) in [5.74, 6) is 0.838. The average Bonchev–Trinajstić information content (AvgIpc) is 2.79. The summed E-state index contributed by atoms with van der Waals surface area (Å²) in [6.07, 6.45) is 0.944. The molecule has 3 rings (SSSR count). The van der Waals surface area contributed by atoms with Crippen molar-refractivity contribution in [3.05, 3.63) is 102 Å². The van der Waals surface area contributed by atoms with E-state index in [2.05, 4.69) is 79.7 Å². The van der Waals surface area contributed by atoms with Gasteiger partial charge in [-0.2, -0.15) is 0 Å². The van der Waals surface area contributed by atoms with Gasteiger partial charge < -0.3 is 9.84 Å². The van der Waals surface area contributed by atoms with Crippen LogP contribution in [0.1, 0.15) is 30.0 Å². The molecule has 0 aliphatic heterocycles. The number of ether oxygens (including phenoxy) is 1. The number of allylic oxidation sites excluding steroid dienone is 1. The second kappa shape index (κ2) is 10.6. The number of nitrogens with zero attached hydrogens (tertiary/aromatic N) is 1.